The lowest BCUT2D eigenvalue weighted by molar-refractivity contribution is -0.127. The van der Waals surface area contributed by atoms with E-state index in [1.54, 1.807) is 19.0 Å². The topological polar surface area (TPSA) is 69.2 Å². The van der Waals surface area contributed by atoms with Gasteiger partial charge in [-0.05, 0) is 58.0 Å². The van der Waals surface area contributed by atoms with Crippen LogP contribution in [0.3, 0.4) is 0 Å². The van der Waals surface area contributed by atoms with Crippen LogP contribution in [0.4, 0.5) is 0 Å². The molecule has 2 fully saturated rings. The van der Waals surface area contributed by atoms with Crippen LogP contribution in [0.5, 0.6) is 0 Å². The molecule has 2 N–H and O–H groups in total. The van der Waals surface area contributed by atoms with Crippen LogP contribution in [0, 0.1) is 5.92 Å². The van der Waals surface area contributed by atoms with Crippen molar-refractivity contribution in [3.05, 3.63) is 0 Å². The van der Waals surface area contributed by atoms with Gasteiger partial charge in [-0.1, -0.05) is 19.8 Å². The molecule has 30 heavy (non-hydrogen) atoms. The average Bonchev–Trinajstić information content (AvgIpc) is 3.40. The molecular weight excluding hydrogens is 493 g/mol. The van der Waals surface area contributed by atoms with Crippen LogP contribution in [0.25, 0.3) is 0 Å². The molecule has 1 heterocycles. The van der Waals surface area contributed by atoms with Gasteiger partial charge in [0, 0.05) is 39.8 Å². The Balaban J connectivity index is 0.00000450. The van der Waals surface area contributed by atoms with Crippen LogP contribution >= 0.6 is 24.0 Å². The summed E-state index contributed by atoms with van der Waals surface area (Å²) < 4.78 is 6.04. The van der Waals surface area contributed by atoms with Crippen LogP contribution in [0.2, 0.25) is 0 Å². The summed E-state index contributed by atoms with van der Waals surface area (Å²) in [4.78, 5) is 20.6. The highest BCUT2D eigenvalue weighted by molar-refractivity contribution is 14.0. The molecule has 0 spiro atoms. The molecule has 2 unspecified atom stereocenters. The van der Waals surface area contributed by atoms with Crippen LogP contribution in [0.1, 0.15) is 58.8 Å². The number of guanidine groups is 1. The van der Waals surface area contributed by atoms with Crippen molar-refractivity contribution < 1.29 is 9.53 Å². The summed E-state index contributed by atoms with van der Waals surface area (Å²) in [6.45, 7) is 9.19. The van der Waals surface area contributed by atoms with Gasteiger partial charge in [0.15, 0.2) is 5.96 Å². The van der Waals surface area contributed by atoms with Crippen molar-refractivity contribution in [1.82, 2.24) is 20.4 Å². The molecule has 1 aliphatic carbocycles. The lowest BCUT2D eigenvalue weighted by Gasteiger charge is -2.25. The van der Waals surface area contributed by atoms with Gasteiger partial charge in [-0.2, -0.15) is 0 Å². The van der Waals surface area contributed by atoms with Gasteiger partial charge < -0.3 is 20.3 Å². The van der Waals surface area contributed by atoms with Crippen LogP contribution in [-0.2, 0) is 9.53 Å². The molecule has 1 saturated carbocycles. The zero-order valence-electron chi connectivity index (χ0n) is 19.5. The molecule has 2 atom stereocenters. The highest BCUT2D eigenvalue weighted by atomic mass is 127. The van der Waals surface area contributed by atoms with Gasteiger partial charge in [0.05, 0.1) is 6.10 Å². The number of aliphatic imine (C=N–C) groups is 1. The molecule has 0 aromatic carbocycles. The maximum Gasteiger partial charge on any atom is 0.243 e. The fourth-order valence-corrected chi connectivity index (χ4v) is 4.55. The lowest BCUT2D eigenvalue weighted by Crippen LogP contribution is -2.46. The Hall–Kier alpha value is -0.610. The first-order valence-electron chi connectivity index (χ1n) is 11.6. The predicted molar refractivity (Wildman–Crippen MR) is 135 cm³/mol. The van der Waals surface area contributed by atoms with Crippen molar-refractivity contribution in [2.75, 3.05) is 53.4 Å². The van der Waals surface area contributed by atoms with Crippen molar-refractivity contribution in [1.29, 1.82) is 0 Å². The van der Waals surface area contributed by atoms with E-state index in [2.05, 4.69) is 34.4 Å². The van der Waals surface area contributed by atoms with Gasteiger partial charge in [0.2, 0.25) is 5.91 Å². The molecule has 8 heteroatoms. The highest BCUT2D eigenvalue weighted by Crippen LogP contribution is 2.30. The van der Waals surface area contributed by atoms with E-state index in [1.807, 2.05) is 0 Å². The van der Waals surface area contributed by atoms with E-state index in [0.29, 0.717) is 18.1 Å². The highest BCUT2D eigenvalue weighted by Gasteiger charge is 2.25. The normalized spacial score (nSPS) is 21.3. The summed E-state index contributed by atoms with van der Waals surface area (Å²) in [5, 5.41) is 6.93. The lowest BCUT2D eigenvalue weighted by atomic mass is 9.98. The first kappa shape index (κ1) is 27.4. The summed E-state index contributed by atoms with van der Waals surface area (Å²) in [6.07, 6.45) is 9.02. The minimum atomic E-state index is 0. The van der Waals surface area contributed by atoms with Crippen molar-refractivity contribution in [3.63, 3.8) is 0 Å². The minimum absolute atomic E-state index is 0. The Morgan fingerprint density at radius 1 is 1.17 bits per heavy atom. The number of halogens is 1. The molecule has 0 aromatic rings. The third kappa shape index (κ3) is 9.26. The summed E-state index contributed by atoms with van der Waals surface area (Å²) in [7, 11) is 3.54. The average molecular weight is 538 g/mol. The standard InChI is InChI=1S/C22H43N5O2.HI/c1-5-27-15-9-12-19(27)16-24-22(25-17-21(28)26(3)4)23-14-13-20(29-6-2)18-10-7-8-11-18;/h18-20H,5-17H2,1-4H3,(H2,23,24,25);1H. The number of rotatable bonds is 11. The Morgan fingerprint density at radius 3 is 2.53 bits per heavy atom. The van der Waals surface area contributed by atoms with E-state index in [-0.39, 0.29) is 36.4 Å². The molecule has 1 saturated heterocycles. The first-order chi connectivity index (χ1) is 14.0. The maximum absolute atomic E-state index is 12.0. The number of nitrogens with zero attached hydrogens (tertiary/aromatic N) is 3. The maximum atomic E-state index is 12.0. The van der Waals surface area contributed by atoms with Gasteiger partial charge in [-0.3, -0.25) is 9.69 Å². The Labute approximate surface area is 200 Å². The molecular formula is C22H44IN5O2. The van der Waals surface area contributed by atoms with Crippen molar-refractivity contribution in [3.8, 4) is 0 Å². The molecule has 0 aromatic heterocycles. The number of hydrogen-bond donors (Lipinski definition) is 2. The summed E-state index contributed by atoms with van der Waals surface area (Å²) in [5.74, 6) is 1.45. The third-order valence-electron chi connectivity index (χ3n) is 6.31. The number of nitrogens with one attached hydrogen (secondary N) is 2. The van der Waals surface area contributed by atoms with Crippen LogP contribution < -0.4 is 10.6 Å². The zero-order chi connectivity index (χ0) is 21.1. The van der Waals surface area contributed by atoms with E-state index in [9.17, 15) is 4.79 Å². The SMILES string of the molecule is CCOC(CCNC(=NCC(=O)N(C)C)NCC1CCCN1CC)C1CCCC1.I. The fourth-order valence-electron chi connectivity index (χ4n) is 4.55. The van der Waals surface area contributed by atoms with Crippen molar-refractivity contribution >= 4 is 35.8 Å². The number of likely N-dealkylation sites (N-methyl/N-ethyl adjacent to an activating group) is 2. The zero-order valence-corrected chi connectivity index (χ0v) is 21.8. The number of carbonyl (C=O) groups is 1. The van der Waals surface area contributed by atoms with Gasteiger partial charge in [0.1, 0.15) is 6.54 Å². The number of carbonyl (C=O) groups excluding carboxylic acids is 1. The number of hydrogen-bond acceptors (Lipinski definition) is 4. The van der Waals surface area contributed by atoms with E-state index in [4.69, 9.17) is 4.74 Å². The number of ether oxygens (including phenoxy) is 1. The van der Waals surface area contributed by atoms with Gasteiger partial charge in [-0.25, -0.2) is 4.99 Å². The van der Waals surface area contributed by atoms with Crippen molar-refractivity contribution in [2.45, 2.75) is 70.9 Å². The molecule has 1 aliphatic heterocycles. The Morgan fingerprint density at radius 2 is 1.90 bits per heavy atom. The second-order valence-electron chi connectivity index (χ2n) is 8.51. The molecule has 0 bridgehead atoms. The smallest absolute Gasteiger partial charge is 0.243 e. The second-order valence-corrected chi connectivity index (χ2v) is 8.51. The molecule has 2 rings (SSSR count). The molecule has 7 nitrogen and oxygen atoms in total. The van der Waals surface area contributed by atoms with Gasteiger partial charge >= 0.3 is 0 Å². The summed E-state index contributed by atoms with van der Waals surface area (Å²) >= 11 is 0. The molecule has 0 radical (unpaired) electrons. The third-order valence-corrected chi connectivity index (χ3v) is 6.31. The summed E-state index contributed by atoms with van der Waals surface area (Å²) in [5.41, 5.74) is 0. The van der Waals surface area contributed by atoms with Crippen LogP contribution in [-0.4, -0.2) is 87.2 Å². The van der Waals surface area contributed by atoms with Gasteiger partial charge in [-0.15, -0.1) is 24.0 Å². The molecule has 176 valence electrons. The number of likely N-dealkylation sites (tertiary alicyclic amines) is 1. The summed E-state index contributed by atoms with van der Waals surface area (Å²) in [6, 6.07) is 0.547. The van der Waals surface area contributed by atoms with Crippen LogP contribution in [0.15, 0.2) is 4.99 Å². The quantitative estimate of drug-likeness (QED) is 0.241. The number of amides is 1. The fraction of sp³-hybridized carbons (Fsp3) is 0.909. The Kier molecular flexibility index (Phi) is 13.9. The molecule has 1 amide bonds. The van der Waals surface area contributed by atoms with E-state index < -0.39 is 0 Å². The first-order valence-corrected chi connectivity index (χ1v) is 11.6. The van der Waals surface area contributed by atoms with Gasteiger partial charge in [0.25, 0.3) is 0 Å². The van der Waals surface area contributed by atoms with E-state index in [0.717, 1.165) is 38.6 Å². The van der Waals surface area contributed by atoms with Crippen molar-refractivity contribution in [2.24, 2.45) is 10.9 Å². The van der Waals surface area contributed by atoms with E-state index >= 15 is 0 Å². The second kappa shape index (κ2) is 15.2. The Bertz CT molecular complexity index is 512. The van der Waals surface area contributed by atoms with E-state index in [1.165, 1.54) is 45.1 Å². The monoisotopic (exact) mass is 537 g/mol. The molecule has 2 aliphatic rings. The minimum Gasteiger partial charge on any atom is -0.378 e. The predicted octanol–water partition coefficient (Wildman–Crippen LogP) is 2.70. The largest absolute Gasteiger partial charge is 0.378 e.